The monoisotopic (exact) mass is 181 g/mol. The summed E-state index contributed by atoms with van der Waals surface area (Å²) < 4.78 is 5.09. The lowest BCUT2D eigenvalue weighted by atomic mass is 10.2. The van der Waals surface area contributed by atoms with Gasteiger partial charge in [-0.05, 0) is 6.07 Å². The molecule has 1 heterocycles. The van der Waals surface area contributed by atoms with Crippen molar-refractivity contribution in [2.75, 3.05) is 7.11 Å². The molecule has 70 valence electrons. The van der Waals surface area contributed by atoms with E-state index in [2.05, 4.69) is 11.6 Å². The van der Waals surface area contributed by atoms with Crippen LogP contribution in [0, 0.1) is 0 Å². The van der Waals surface area contributed by atoms with Gasteiger partial charge in [-0.25, -0.2) is 5.21 Å². The minimum absolute atomic E-state index is 0.526. The van der Waals surface area contributed by atoms with E-state index in [1.807, 2.05) is 0 Å². The summed E-state index contributed by atoms with van der Waals surface area (Å²) in [6.07, 6.45) is 2.37. The highest BCUT2D eigenvalue weighted by Crippen LogP contribution is 2.17. The van der Waals surface area contributed by atoms with Crippen molar-refractivity contribution in [3.63, 3.8) is 0 Å². The topological polar surface area (TPSA) is 59.0 Å². The van der Waals surface area contributed by atoms with Gasteiger partial charge in [-0.15, -0.1) is 6.58 Å². The summed E-state index contributed by atoms with van der Waals surface area (Å²) in [5.74, 6) is 1.24. The molecule has 0 aliphatic carbocycles. The molecule has 3 N–H and O–H groups in total. The number of nitrogens with zero attached hydrogens (tertiary/aromatic N) is 1. The van der Waals surface area contributed by atoms with Crippen LogP contribution < -0.4 is 10.2 Å². The lowest BCUT2D eigenvalue weighted by molar-refractivity contribution is -0.828. The number of allylic oxidation sites excluding steroid dienone is 1. The van der Waals surface area contributed by atoms with Crippen LogP contribution in [0.25, 0.3) is 0 Å². The van der Waals surface area contributed by atoms with Crippen LogP contribution in [0.2, 0.25) is 0 Å². The highest BCUT2D eigenvalue weighted by atomic mass is 16.5. The van der Waals surface area contributed by atoms with Gasteiger partial charge in [0.15, 0.2) is 0 Å². The molecule has 0 aromatic carbocycles. The number of aromatic nitrogens is 1. The Morgan fingerprint density at radius 2 is 2.46 bits per heavy atom. The quantitative estimate of drug-likeness (QED) is 0.522. The van der Waals surface area contributed by atoms with Gasteiger partial charge in [0.2, 0.25) is 0 Å². The zero-order valence-electron chi connectivity index (χ0n) is 7.53. The molecule has 0 aliphatic rings. The van der Waals surface area contributed by atoms with Crippen LogP contribution in [-0.4, -0.2) is 17.3 Å². The van der Waals surface area contributed by atoms with Crippen molar-refractivity contribution in [3.8, 4) is 5.75 Å². The van der Waals surface area contributed by atoms with Crippen molar-refractivity contribution in [1.29, 1.82) is 0 Å². The van der Waals surface area contributed by atoms with Crippen LogP contribution in [0.1, 0.15) is 5.69 Å². The molecule has 0 radical (unpaired) electrons. The maximum Gasteiger partial charge on any atom is 0.257 e. The second kappa shape index (κ2) is 4.59. The maximum atomic E-state index is 8.74. The lowest BCUT2D eigenvalue weighted by Crippen LogP contribution is -2.74. The normalized spacial score (nSPS) is 9.69. The van der Waals surface area contributed by atoms with E-state index in [0.29, 0.717) is 18.0 Å². The predicted molar refractivity (Wildman–Crippen MR) is 48.1 cm³/mol. The van der Waals surface area contributed by atoms with Crippen LogP contribution >= 0.6 is 0 Å². The highest BCUT2D eigenvalue weighted by molar-refractivity contribution is 5.34. The minimum Gasteiger partial charge on any atom is -0.495 e. The van der Waals surface area contributed by atoms with E-state index >= 15 is 0 Å². The van der Waals surface area contributed by atoms with Crippen LogP contribution in [0.15, 0.2) is 24.8 Å². The van der Waals surface area contributed by atoms with Crippen molar-refractivity contribution in [2.45, 2.75) is 6.42 Å². The molecule has 0 amide bonds. The first-order valence-electron chi connectivity index (χ1n) is 3.94. The Balaban J connectivity index is 3.01. The minimum atomic E-state index is 0.526. The van der Waals surface area contributed by atoms with Crippen LogP contribution in [0.4, 0.5) is 5.82 Å². The molecule has 0 fully saturated rings. The number of ether oxygens (including phenoxy) is 1. The zero-order chi connectivity index (χ0) is 9.68. The van der Waals surface area contributed by atoms with Gasteiger partial charge in [0.1, 0.15) is 5.75 Å². The Labute approximate surface area is 76.8 Å². The molecule has 4 nitrogen and oxygen atoms in total. The molecule has 1 aromatic heterocycles. The molecule has 0 unspecified atom stereocenters. The third-order valence-corrected chi connectivity index (χ3v) is 1.64. The first kappa shape index (κ1) is 9.70. The SMILES string of the molecule is C=CCc1nc([NH2+]O)ccc1OC. The number of quaternary nitrogens is 1. The van der Waals surface area contributed by atoms with E-state index in [4.69, 9.17) is 9.94 Å². The second-order valence-corrected chi connectivity index (χ2v) is 2.51. The summed E-state index contributed by atoms with van der Waals surface area (Å²) in [5.41, 5.74) is 1.74. The third-order valence-electron chi connectivity index (χ3n) is 1.64. The zero-order valence-corrected chi connectivity index (χ0v) is 7.53. The van der Waals surface area contributed by atoms with Gasteiger partial charge in [0.25, 0.3) is 5.82 Å². The smallest absolute Gasteiger partial charge is 0.257 e. The molecule has 4 heteroatoms. The number of hydrogen-bond donors (Lipinski definition) is 2. The summed E-state index contributed by atoms with van der Waals surface area (Å²) in [7, 11) is 1.59. The van der Waals surface area contributed by atoms with Gasteiger partial charge in [0, 0.05) is 12.5 Å². The molecule has 0 atom stereocenters. The van der Waals surface area contributed by atoms with Gasteiger partial charge in [0.05, 0.1) is 12.8 Å². The number of methoxy groups -OCH3 is 1. The van der Waals surface area contributed by atoms with Gasteiger partial charge >= 0.3 is 0 Å². The van der Waals surface area contributed by atoms with Crippen molar-refractivity contribution < 1.29 is 15.4 Å². The maximum absolute atomic E-state index is 8.74. The summed E-state index contributed by atoms with van der Waals surface area (Å²) >= 11 is 0. The van der Waals surface area contributed by atoms with Crippen molar-refractivity contribution >= 4 is 5.82 Å². The molecule has 0 saturated carbocycles. The molecule has 13 heavy (non-hydrogen) atoms. The first-order chi connectivity index (χ1) is 6.31. The largest absolute Gasteiger partial charge is 0.495 e. The Morgan fingerprint density at radius 1 is 1.69 bits per heavy atom. The highest BCUT2D eigenvalue weighted by Gasteiger charge is 2.05. The van der Waals surface area contributed by atoms with E-state index in [0.717, 1.165) is 11.2 Å². The van der Waals surface area contributed by atoms with E-state index in [1.165, 1.54) is 0 Å². The number of hydrogen-bond acceptors (Lipinski definition) is 3. The average Bonchev–Trinajstić information content (AvgIpc) is 2.18. The Kier molecular flexibility index (Phi) is 3.42. The summed E-state index contributed by atoms with van der Waals surface area (Å²) in [6.45, 7) is 3.62. The Bertz CT molecular complexity index is 300. The molecule has 1 rings (SSSR count). The fraction of sp³-hybridized carbons (Fsp3) is 0.222. The molecular weight excluding hydrogens is 168 g/mol. The van der Waals surface area contributed by atoms with Crippen molar-refractivity contribution in [3.05, 3.63) is 30.5 Å². The van der Waals surface area contributed by atoms with Gasteiger partial charge in [-0.1, -0.05) is 6.08 Å². The van der Waals surface area contributed by atoms with E-state index in [9.17, 15) is 0 Å². The summed E-state index contributed by atoms with van der Waals surface area (Å²) in [4.78, 5) is 4.15. The molecule has 0 saturated heterocycles. The molecule has 0 spiro atoms. The molecular formula is C9H13N2O2+. The second-order valence-electron chi connectivity index (χ2n) is 2.51. The first-order valence-corrected chi connectivity index (χ1v) is 3.94. The molecule has 0 aliphatic heterocycles. The van der Waals surface area contributed by atoms with Crippen LogP contribution in [-0.2, 0) is 6.42 Å². The van der Waals surface area contributed by atoms with E-state index < -0.39 is 0 Å². The number of pyridine rings is 1. The van der Waals surface area contributed by atoms with Crippen LogP contribution in [0.5, 0.6) is 5.75 Å². The summed E-state index contributed by atoms with van der Waals surface area (Å²) in [5, 5.41) is 8.74. The molecule has 0 bridgehead atoms. The fourth-order valence-corrected chi connectivity index (χ4v) is 1.05. The number of nitrogens with two attached hydrogens (primary N) is 1. The summed E-state index contributed by atoms with van der Waals surface area (Å²) in [6, 6.07) is 3.46. The average molecular weight is 181 g/mol. The van der Waals surface area contributed by atoms with Crippen molar-refractivity contribution in [2.24, 2.45) is 0 Å². The van der Waals surface area contributed by atoms with Gasteiger partial charge in [-0.3, -0.25) is 0 Å². The van der Waals surface area contributed by atoms with Crippen molar-refractivity contribution in [1.82, 2.24) is 4.98 Å². The molecule has 1 aromatic rings. The lowest BCUT2D eigenvalue weighted by Gasteiger charge is -2.04. The Morgan fingerprint density at radius 3 is 3.00 bits per heavy atom. The standard InChI is InChI=1S/C9H12N2O2/c1-3-4-7-8(13-2)5-6-9(10-7)11-12/h3,5-6,12H,1,4H2,2H3,(H,10,11)/p+1. The third kappa shape index (κ3) is 2.27. The van der Waals surface area contributed by atoms with Crippen LogP contribution in [0.3, 0.4) is 0 Å². The van der Waals surface area contributed by atoms with E-state index in [1.54, 1.807) is 25.3 Å². The fourth-order valence-electron chi connectivity index (χ4n) is 1.05. The van der Waals surface area contributed by atoms with Gasteiger partial charge < -0.3 is 4.74 Å². The number of rotatable bonds is 4. The Hall–Kier alpha value is -1.39. The van der Waals surface area contributed by atoms with Gasteiger partial charge in [-0.2, -0.15) is 10.5 Å². The predicted octanol–water partition coefficient (Wildman–Crippen LogP) is 0.403. The van der Waals surface area contributed by atoms with E-state index in [-0.39, 0.29) is 0 Å².